The molecule has 2 aromatic carbocycles. The Morgan fingerprint density at radius 2 is 1.74 bits per heavy atom. The highest BCUT2D eigenvalue weighted by Crippen LogP contribution is 2.36. The number of anilines is 1. The molecule has 0 bridgehead atoms. The normalized spacial score (nSPS) is 15.3. The van der Waals surface area contributed by atoms with E-state index in [1.165, 1.54) is 23.6 Å². The van der Waals surface area contributed by atoms with Crippen molar-refractivity contribution in [3.63, 3.8) is 0 Å². The zero-order valence-electron chi connectivity index (χ0n) is 14.8. The summed E-state index contributed by atoms with van der Waals surface area (Å²) >= 11 is 6.64. The number of hydrogen-bond donors (Lipinski definition) is 0. The van der Waals surface area contributed by atoms with Gasteiger partial charge in [-0.1, -0.05) is 36.1 Å². The summed E-state index contributed by atoms with van der Waals surface area (Å²) in [7, 11) is 0. The van der Waals surface area contributed by atoms with Gasteiger partial charge in [-0.3, -0.25) is 14.5 Å². The molecule has 1 fully saturated rings. The van der Waals surface area contributed by atoms with Crippen LogP contribution in [0.5, 0.6) is 11.5 Å². The van der Waals surface area contributed by atoms with Crippen LogP contribution in [-0.2, 0) is 9.59 Å². The monoisotopic (exact) mass is 399 g/mol. The van der Waals surface area contributed by atoms with Gasteiger partial charge in [0.2, 0.25) is 0 Å². The molecule has 138 valence electrons. The van der Waals surface area contributed by atoms with Crippen molar-refractivity contribution in [3.05, 3.63) is 59.0 Å². The Hall–Kier alpha value is -2.64. The van der Waals surface area contributed by atoms with E-state index in [9.17, 15) is 9.59 Å². The van der Waals surface area contributed by atoms with Gasteiger partial charge in [0.25, 0.3) is 5.91 Å². The topological polar surface area (TPSA) is 55.8 Å². The number of benzene rings is 2. The maximum absolute atomic E-state index is 12.8. The van der Waals surface area contributed by atoms with Crippen molar-refractivity contribution >= 4 is 51.9 Å². The van der Waals surface area contributed by atoms with E-state index < -0.39 is 0 Å². The lowest BCUT2D eigenvalue weighted by Crippen LogP contribution is -2.27. The highest BCUT2D eigenvalue weighted by Gasteiger charge is 2.33. The molecular weight excluding hydrogens is 382 g/mol. The highest BCUT2D eigenvalue weighted by molar-refractivity contribution is 8.27. The molecule has 0 spiro atoms. The minimum absolute atomic E-state index is 0.168. The number of nitrogens with zero attached hydrogens (tertiary/aromatic N) is 1. The molecule has 1 aliphatic rings. The quantitative estimate of drug-likeness (QED) is 0.321. The lowest BCUT2D eigenvalue weighted by Gasteiger charge is -2.15. The Bertz CT molecular complexity index is 905. The predicted molar refractivity (Wildman–Crippen MR) is 111 cm³/mol. The van der Waals surface area contributed by atoms with Gasteiger partial charge in [0.1, 0.15) is 11.5 Å². The van der Waals surface area contributed by atoms with Gasteiger partial charge in [-0.05, 0) is 55.0 Å². The second-order valence-corrected chi connectivity index (χ2v) is 7.28. The lowest BCUT2D eigenvalue weighted by molar-refractivity contribution is -0.131. The summed E-state index contributed by atoms with van der Waals surface area (Å²) in [6.07, 6.45) is 1.77. The van der Waals surface area contributed by atoms with Crippen molar-refractivity contribution in [2.45, 2.75) is 13.8 Å². The first-order valence-corrected chi connectivity index (χ1v) is 9.49. The number of hydrogen-bond acceptors (Lipinski definition) is 6. The van der Waals surface area contributed by atoms with E-state index in [1.54, 1.807) is 30.3 Å². The maximum atomic E-state index is 12.8. The number of thiocarbonyl (C=S) groups is 1. The number of esters is 1. The molecule has 1 aliphatic heterocycles. The van der Waals surface area contributed by atoms with Crippen LogP contribution in [0.25, 0.3) is 6.08 Å². The second-order valence-electron chi connectivity index (χ2n) is 5.61. The minimum Gasteiger partial charge on any atom is -0.494 e. The number of amides is 1. The van der Waals surface area contributed by atoms with Crippen LogP contribution in [0.3, 0.4) is 0 Å². The van der Waals surface area contributed by atoms with Crippen LogP contribution >= 0.6 is 24.0 Å². The van der Waals surface area contributed by atoms with E-state index in [2.05, 4.69) is 0 Å². The third-order valence-corrected chi connectivity index (χ3v) is 4.94. The van der Waals surface area contributed by atoms with Crippen LogP contribution in [0.15, 0.2) is 53.4 Å². The molecule has 1 saturated heterocycles. The standard InChI is InChI=1S/C20H17NO4S2/c1-3-24-16-10-6-15(7-11-16)21-19(23)18(27-20(21)26)12-14-4-8-17(9-5-14)25-13(2)22/h4-12H,3H2,1-2H3/b18-12+. The summed E-state index contributed by atoms with van der Waals surface area (Å²) in [6, 6.07) is 14.2. The SMILES string of the molecule is CCOc1ccc(N2C(=O)/C(=C\c3ccc(OC(C)=O)cc3)SC2=S)cc1. The summed E-state index contributed by atoms with van der Waals surface area (Å²) in [6.45, 7) is 3.85. The van der Waals surface area contributed by atoms with E-state index in [4.69, 9.17) is 21.7 Å². The zero-order chi connectivity index (χ0) is 19.4. The second kappa shape index (κ2) is 8.37. The first-order chi connectivity index (χ1) is 13.0. The van der Waals surface area contributed by atoms with Crippen LogP contribution in [-0.4, -0.2) is 22.8 Å². The Balaban J connectivity index is 1.78. The van der Waals surface area contributed by atoms with Gasteiger partial charge in [0.15, 0.2) is 4.32 Å². The number of carbonyl (C=O) groups is 2. The Morgan fingerprint density at radius 1 is 1.11 bits per heavy atom. The van der Waals surface area contributed by atoms with Crippen LogP contribution in [0.1, 0.15) is 19.4 Å². The fraction of sp³-hybridized carbons (Fsp3) is 0.150. The molecule has 0 aromatic heterocycles. The summed E-state index contributed by atoms with van der Waals surface area (Å²) < 4.78 is 10.9. The Labute approximate surface area is 167 Å². The van der Waals surface area contributed by atoms with Gasteiger partial charge < -0.3 is 9.47 Å². The van der Waals surface area contributed by atoms with Gasteiger partial charge in [-0.25, -0.2) is 0 Å². The third kappa shape index (κ3) is 4.56. The smallest absolute Gasteiger partial charge is 0.308 e. The molecule has 1 heterocycles. The molecular formula is C20H17NO4S2. The molecule has 1 amide bonds. The fourth-order valence-corrected chi connectivity index (χ4v) is 3.80. The van der Waals surface area contributed by atoms with E-state index >= 15 is 0 Å². The number of ether oxygens (including phenoxy) is 2. The maximum Gasteiger partial charge on any atom is 0.308 e. The molecule has 0 saturated carbocycles. The van der Waals surface area contributed by atoms with Gasteiger partial charge in [0, 0.05) is 6.92 Å². The van der Waals surface area contributed by atoms with E-state index in [-0.39, 0.29) is 11.9 Å². The minimum atomic E-state index is -0.376. The van der Waals surface area contributed by atoms with Crippen LogP contribution in [0.4, 0.5) is 5.69 Å². The molecule has 2 aromatic rings. The van der Waals surface area contributed by atoms with E-state index in [0.29, 0.717) is 27.3 Å². The third-order valence-electron chi connectivity index (χ3n) is 3.64. The number of carbonyl (C=O) groups excluding carboxylic acids is 2. The van der Waals surface area contributed by atoms with Crippen molar-refractivity contribution in [3.8, 4) is 11.5 Å². The molecule has 0 radical (unpaired) electrons. The van der Waals surface area contributed by atoms with Crippen molar-refractivity contribution in [1.29, 1.82) is 0 Å². The van der Waals surface area contributed by atoms with Crippen LogP contribution in [0.2, 0.25) is 0 Å². The largest absolute Gasteiger partial charge is 0.494 e. The summed E-state index contributed by atoms with van der Waals surface area (Å²) in [4.78, 5) is 25.8. The van der Waals surface area contributed by atoms with Crippen LogP contribution in [0, 0.1) is 0 Å². The van der Waals surface area contributed by atoms with Crippen LogP contribution < -0.4 is 14.4 Å². The number of thioether (sulfide) groups is 1. The molecule has 0 atom stereocenters. The highest BCUT2D eigenvalue weighted by atomic mass is 32.2. The summed E-state index contributed by atoms with van der Waals surface area (Å²) in [5.74, 6) is 0.661. The first kappa shape index (κ1) is 19.1. The van der Waals surface area contributed by atoms with Crippen molar-refractivity contribution in [1.82, 2.24) is 0 Å². The van der Waals surface area contributed by atoms with Gasteiger partial charge >= 0.3 is 5.97 Å². The van der Waals surface area contributed by atoms with Crippen molar-refractivity contribution in [2.75, 3.05) is 11.5 Å². The average molecular weight is 399 g/mol. The summed E-state index contributed by atoms with van der Waals surface area (Å²) in [5, 5.41) is 0. The lowest BCUT2D eigenvalue weighted by atomic mass is 10.2. The molecule has 7 heteroatoms. The Morgan fingerprint density at radius 3 is 2.33 bits per heavy atom. The molecule has 0 N–H and O–H groups in total. The van der Waals surface area contributed by atoms with E-state index in [1.807, 2.05) is 31.2 Å². The number of rotatable bonds is 5. The Kier molecular flexibility index (Phi) is 5.93. The van der Waals surface area contributed by atoms with Crippen molar-refractivity contribution in [2.24, 2.45) is 0 Å². The molecule has 3 rings (SSSR count). The van der Waals surface area contributed by atoms with Gasteiger partial charge in [-0.15, -0.1) is 0 Å². The summed E-state index contributed by atoms with van der Waals surface area (Å²) in [5.41, 5.74) is 1.52. The zero-order valence-corrected chi connectivity index (χ0v) is 16.4. The molecule has 27 heavy (non-hydrogen) atoms. The first-order valence-electron chi connectivity index (χ1n) is 8.27. The van der Waals surface area contributed by atoms with Crippen molar-refractivity contribution < 1.29 is 19.1 Å². The van der Waals surface area contributed by atoms with Gasteiger partial charge in [0.05, 0.1) is 17.2 Å². The van der Waals surface area contributed by atoms with Gasteiger partial charge in [-0.2, -0.15) is 0 Å². The molecule has 0 unspecified atom stereocenters. The van der Waals surface area contributed by atoms with E-state index in [0.717, 1.165) is 11.3 Å². The predicted octanol–water partition coefficient (Wildman–Crippen LogP) is 4.42. The average Bonchev–Trinajstić information content (AvgIpc) is 2.91. The fourth-order valence-electron chi connectivity index (χ4n) is 2.50. The molecule has 5 nitrogen and oxygen atoms in total. The molecule has 0 aliphatic carbocycles.